The smallest absolute Gasteiger partial charge is 0.383 e. The van der Waals surface area contributed by atoms with E-state index in [4.69, 9.17) is 16.3 Å². The van der Waals surface area contributed by atoms with Gasteiger partial charge in [-0.1, -0.05) is 24.6 Å². The van der Waals surface area contributed by atoms with Gasteiger partial charge in [0.1, 0.15) is 0 Å². The van der Waals surface area contributed by atoms with Crippen molar-refractivity contribution < 1.29 is 17.9 Å². The molecule has 0 aromatic heterocycles. The number of rotatable bonds is 3. The van der Waals surface area contributed by atoms with Crippen molar-refractivity contribution in [3.05, 3.63) is 28.8 Å². The Labute approximate surface area is 108 Å². The molecule has 1 saturated heterocycles. The van der Waals surface area contributed by atoms with Crippen molar-refractivity contribution >= 4 is 17.3 Å². The zero-order valence-corrected chi connectivity index (χ0v) is 10.5. The number of benzene rings is 1. The summed E-state index contributed by atoms with van der Waals surface area (Å²) in [6, 6.07) is 3.76. The quantitative estimate of drug-likeness (QED) is 0.908. The molecule has 1 fully saturated rings. The van der Waals surface area contributed by atoms with Crippen LogP contribution in [0.3, 0.4) is 0 Å². The van der Waals surface area contributed by atoms with Gasteiger partial charge < -0.3 is 10.1 Å². The Kier molecular flexibility index (Phi) is 3.47. The van der Waals surface area contributed by atoms with Crippen LogP contribution in [-0.2, 0) is 10.9 Å². The lowest BCUT2D eigenvalue weighted by Gasteiger charge is -2.38. The Morgan fingerprint density at radius 1 is 1.39 bits per heavy atom. The van der Waals surface area contributed by atoms with Gasteiger partial charge in [-0.25, -0.2) is 0 Å². The Hall–Kier alpha value is -0.940. The van der Waals surface area contributed by atoms with Crippen molar-refractivity contribution in [1.82, 2.24) is 0 Å². The van der Waals surface area contributed by atoms with E-state index in [1.54, 1.807) is 0 Å². The minimum atomic E-state index is -4.41. The van der Waals surface area contributed by atoms with Gasteiger partial charge in [-0.3, -0.25) is 0 Å². The monoisotopic (exact) mass is 279 g/mol. The predicted molar refractivity (Wildman–Crippen MR) is 63.9 cm³/mol. The minimum Gasteiger partial charge on any atom is -0.383 e. The molecule has 2 nitrogen and oxygen atoms in total. The highest BCUT2D eigenvalue weighted by Crippen LogP contribution is 2.39. The fourth-order valence-corrected chi connectivity index (χ4v) is 2.04. The van der Waals surface area contributed by atoms with Gasteiger partial charge in [0.25, 0.3) is 0 Å². The molecule has 0 radical (unpaired) electrons. The molecule has 1 aromatic carbocycles. The van der Waals surface area contributed by atoms with Gasteiger partial charge in [-0.05, 0) is 12.1 Å². The first-order valence-corrected chi connectivity index (χ1v) is 5.87. The van der Waals surface area contributed by atoms with E-state index in [1.165, 1.54) is 12.1 Å². The molecule has 0 aliphatic carbocycles. The predicted octanol–water partition coefficient (Wildman–Crippen LogP) is 3.81. The zero-order chi connectivity index (χ0) is 13.4. The van der Waals surface area contributed by atoms with Gasteiger partial charge in [0, 0.05) is 12.0 Å². The first kappa shape index (κ1) is 13.5. The van der Waals surface area contributed by atoms with Crippen molar-refractivity contribution in [2.75, 3.05) is 25.1 Å². The molecule has 0 bridgehead atoms. The molecular formula is C12H13ClF3NO. The van der Waals surface area contributed by atoms with Crippen LogP contribution in [-0.4, -0.2) is 19.8 Å². The number of alkyl halides is 3. The van der Waals surface area contributed by atoms with Crippen molar-refractivity contribution in [2.24, 2.45) is 5.41 Å². The summed E-state index contributed by atoms with van der Waals surface area (Å²) < 4.78 is 43.5. The Morgan fingerprint density at radius 3 is 2.56 bits per heavy atom. The maximum atomic E-state index is 12.8. The number of halogens is 4. The summed E-state index contributed by atoms with van der Waals surface area (Å²) in [5.74, 6) is 0. The summed E-state index contributed by atoms with van der Waals surface area (Å²) in [5, 5.41) is 2.88. The molecule has 1 aliphatic rings. The van der Waals surface area contributed by atoms with E-state index >= 15 is 0 Å². The highest BCUT2D eigenvalue weighted by molar-refractivity contribution is 6.33. The van der Waals surface area contributed by atoms with Crippen molar-refractivity contribution in [3.63, 3.8) is 0 Å². The number of ether oxygens (including phenoxy) is 1. The van der Waals surface area contributed by atoms with Crippen LogP contribution in [0.2, 0.25) is 5.02 Å². The van der Waals surface area contributed by atoms with E-state index in [-0.39, 0.29) is 16.1 Å². The Balaban J connectivity index is 2.20. The van der Waals surface area contributed by atoms with Crippen molar-refractivity contribution in [2.45, 2.75) is 13.1 Å². The standard InChI is InChI=1S/C12H13ClF3NO/c1-11(6-18-7-11)5-17-10-8(12(14,15)16)3-2-4-9(10)13/h2-4,17H,5-7H2,1H3. The summed E-state index contributed by atoms with van der Waals surface area (Å²) in [4.78, 5) is 0. The molecule has 0 saturated carbocycles. The molecule has 0 atom stereocenters. The van der Waals surface area contributed by atoms with E-state index in [1.807, 2.05) is 6.92 Å². The molecular weight excluding hydrogens is 267 g/mol. The maximum Gasteiger partial charge on any atom is 0.418 e. The van der Waals surface area contributed by atoms with Crippen LogP contribution >= 0.6 is 11.6 Å². The van der Waals surface area contributed by atoms with Crippen LogP contribution < -0.4 is 5.32 Å². The fraction of sp³-hybridized carbons (Fsp3) is 0.500. The van der Waals surface area contributed by atoms with Crippen LogP contribution in [0.25, 0.3) is 0 Å². The molecule has 0 unspecified atom stereocenters. The molecule has 0 amide bonds. The van der Waals surface area contributed by atoms with Gasteiger partial charge in [0.15, 0.2) is 0 Å². The van der Waals surface area contributed by atoms with Crippen molar-refractivity contribution in [3.8, 4) is 0 Å². The summed E-state index contributed by atoms with van der Waals surface area (Å²) in [6.07, 6.45) is -4.41. The second-order valence-corrected chi connectivity index (χ2v) is 5.22. The van der Waals surface area contributed by atoms with Crippen LogP contribution in [0.4, 0.5) is 18.9 Å². The molecule has 6 heteroatoms. The molecule has 1 aliphatic heterocycles. The van der Waals surface area contributed by atoms with Crippen molar-refractivity contribution in [1.29, 1.82) is 0 Å². The molecule has 1 heterocycles. The number of hydrogen-bond acceptors (Lipinski definition) is 2. The normalized spacial score (nSPS) is 18.3. The molecule has 1 aromatic rings. The van der Waals surface area contributed by atoms with Gasteiger partial charge in [-0.15, -0.1) is 0 Å². The molecule has 100 valence electrons. The summed E-state index contributed by atoms with van der Waals surface area (Å²) in [6.45, 7) is 3.45. The lowest BCUT2D eigenvalue weighted by Crippen LogP contribution is -2.45. The molecule has 1 N–H and O–H groups in total. The highest BCUT2D eigenvalue weighted by Gasteiger charge is 2.37. The molecule has 0 spiro atoms. The lowest BCUT2D eigenvalue weighted by molar-refractivity contribution is -0.137. The van der Waals surface area contributed by atoms with Gasteiger partial charge in [0.2, 0.25) is 0 Å². The van der Waals surface area contributed by atoms with Gasteiger partial charge >= 0.3 is 6.18 Å². The van der Waals surface area contributed by atoms with Crippen LogP contribution in [0.15, 0.2) is 18.2 Å². The topological polar surface area (TPSA) is 21.3 Å². The Morgan fingerprint density at radius 2 is 2.06 bits per heavy atom. The third-order valence-corrected chi connectivity index (χ3v) is 3.23. The van der Waals surface area contributed by atoms with Gasteiger partial charge in [-0.2, -0.15) is 13.2 Å². The van der Waals surface area contributed by atoms with E-state index < -0.39 is 11.7 Å². The minimum absolute atomic E-state index is 0.0557. The van der Waals surface area contributed by atoms with E-state index in [0.717, 1.165) is 6.07 Å². The van der Waals surface area contributed by atoms with E-state index in [0.29, 0.717) is 19.8 Å². The largest absolute Gasteiger partial charge is 0.418 e. The van der Waals surface area contributed by atoms with Crippen LogP contribution in [0, 0.1) is 5.41 Å². The fourth-order valence-electron chi connectivity index (χ4n) is 1.79. The first-order valence-electron chi connectivity index (χ1n) is 5.49. The van der Waals surface area contributed by atoms with Crippen LogP contribution in [0.1, 0.15) is 12.5 Å². The average molecular weight is 280 g/mol. The second-order valence-electron chi connectivity index (χ2n) is 4.82. The first-order chi connectivity index (χ1) is 8.32. The summed E-state index contributed by atoms with van der Waals surface area (Å²) in [7, 11) is 0. The third-order valence-electron chi connectivity index (χ3n) is 2.91. The van der Waals surface area contributed by atoms with Crippen LogP contribution in [0.5, 0.6) is 0 Å². The average Bonchev–Trinajstić information content (AvgIpc) is 2.23. The zero-order valence-electron chi connectivity index (χ0n) is 9.77. The number of nitrogens with one attached hydrogen (secondary N) is 1. The number of para-hydroxylation sites is 1. The SMILES string of the molecule is CC1(CNc2c(Cl)cccc2C(F)(F)F)COC1. The number of anilines is 1. The van der Waals surface area contributed by atoms with E-state index in [9.17, 15) is 13.2 Å². The highest BCUT2D eigenvalue weighted by atomic mass is 35.5. The maximum absolute atomic E-state index is 12.8. The van der Waals surface area contributed by atoms with Gasteiger partial charge in [0.05, 0.1) is 29.5 Å². The third kappa shape index (κ3) is 2.72. The summed E-state index contributed by atoms with van der Waals surface area (Å²) >= 11 is 5.83. The molecule has 18 heavy (non-hydrogen) atoms. The van der Waals surface area contributed by atoms with E-state index in [2.05, 4.69) is 5.32 Å². The second kappa shape index (κ2) is 4.63. The number of hydrogen-bond donors (Lipinski definition) is 1. The lowest BCUT2D eigenvalue weighted by atomic mass is 9.88. The Bertz CT molecular complexity index is 443. The molecule has 2 rings (SSSR count). The summed E-state index contributed by atoms with van der Waals surface area (Å²) in [5.41, 5.74) is -0.916.